The summed E-state index contributed by atoms with van der Waals surface area (Å²) in [6.07, 6.45) is 0. The number of halogens is 1. The molecular weight excluding hydrogens is 350 g/mol. The molecule has 4 nitrogen and oxygen atoms in total. The number of nitrogens with zero attached hydrogens (tertiary/aromatic N) is 2. The van der Waals surface area contributed by atoms with E-state index in [1.54, 1.807) is 4.57 Å². The van der Waals surface area contributed by atoms with E-state index in [0.717, 1.165) is 15.1 Å². The van der Waals surface area contributed by atoms with Crippen LogP contribution < -0.4 is 11.2 Å². The molecule has 0 unspecified atom stereocenters. The number of carbonyl (C=O) groups is 1. The van der Waals surface area contributed by atoms with Crippen molar-refractivity contribution in [3.8, 4) is 0 Å². The Balaban J connectivity index is 2.38. The monoisotopic (exact) mass is 365 g/mol. The summed E-state index contributed by atoms with van der Waals surface area (Å²) < 4.78 is 7.23. The Morgan fingerprint density at radius 1 is 1.24 bits per heavy atom. The van der Waals surface area contributed by atoms with E-state index < -0.39 is 5.91 Å². The summed E-state index contributed by atoms with van der Waals surface area (Å²) >= 11 is 4.83. The predicted octanol–water partition coefficient (Wildman–Crippen LogP) is 2.96. The van der Waals surface area contributed by atoms with Gasteiger partial charge in [0, 0.05) is 27.0 Å². The van der Waals surface area contributed by atoms with Gasteiger partial charge in [-0.2, -0.15) is 4.40 Å². The third kappa shape index (κ3) is 4.22. The van der Waals surface area contributed by atoms with Gasteiger partial charge in [-0.05, 0) is 54.0 Å². The maximum Gasteiger partial charge on any atom is 0.237 e. The van der Waals surface area contributed by atoms with E-state index in [1.165, 1.54) is 17.5 Å². The van der Waals surface area contributed by atoms with Crippen molar-refractivity contribution in [1.29, 1.82) is 0 Å². The molecule has 2 rings (SSSR count). The fourth-order valence-electron chi connectivity index (χ4n) is 1.79. The van der Waals surface area contributed by atoms with Crippen LogP contribution in [0.25, 0.3) is 0 Å². The molecule has 2 N–H and O–H groups in total. The molecule has 110 valence electrons. The van der Waals surface area contributed by atoms with Crippen molar-refractivity contribution in [3.63, 3.8) is 0 Å². The number of primary amides is 1. The molecule has 0 radical (unpaired) electrons. The van der Waals surface area contributed by atoms with Gasteiger partial charge in [0.05, 0.1) is 0 Å². The minimum atomic E-state index is -0.391. The summed E-state index contributed by atoms with van der Waals surface area (Å²) in [5.74, 6) is -0.391. The molecular formula is C15H16BrN3OS. The second-order valence-electron chi connectivity index (χ2n) is 4.67. The van der Waals surface area contributed by atoms with Crippen LogP contribution in [-0.4, -0.2) is 10.5 Å². The van der Waals surface area contributed by atoms with Gasteiger partial charge in [0.15, 0.2) is 0 Å². The van der Waals surface area contributed by atoms with Crippen molar-refractivity contribution in [2.24, 2.45) is 10.1 Å². The number of carbonyl (C=O) groups excluding carboxylic acids is 1. The average Bonchev–Trinajstić information content (AvgIpc) is 2.44. The van der Waals surface area contributed by atoms with Crippen molar-refractivity contribution >= 4 is 33.8 Å². The number of hydrogen-bond acceptors (Lipinski definition) is 3. The quantitative estimate of drug-likeness (QED) is 0.846. The minimum Gasteiger partial charge on any atom is -0.368 e. The van der Waals surface area contributed by atoms with Crippen LogP contribution in [0.5, 0.6) is 0 Å². The number of benzene rings is 1. The Hall–Kier alpha value is -1.53. The Bertz CT molecular complexity index is 723. The van der Waals surface area contributed by atoms with Gasteiger partial charge in [0.1, 0.15) is 12.0 Å². The van der Waals surface area contributed by atoms with Crippen LogP contribution in [0.4, 0.5) is 0 Å². The van der Waals surface area contributed by atoms with Crippen LogP contribution in [0.2, 0.25) is 0 Å². The average molecular weight is 366 g/mol. The summed E-state index contributed by atoms with van der Waals surface area (Å²) in [5.41, 5.74) is 8.15. The fraction of sp³-hybridized carbons (Fsp3) is 0.200. The molecule has 1 amide bonds. The molecule has 6 heteroatoms. The Labute approximate surface area is 136 Å². The first-order valence-electron chi connectivity index (χ1n) is 6.39. The van der Waals surface area contributed by atoms with Gasteiger partial charge in [-0.15, -0.1) is 0 Å². The normalized spacial score (nSPS) is 11.7. The molecule has 0 aliphatic carbocycles. The maximum absolute atomic E-state index is 11.2. The zero-order valence-corrected chi connectivity index (χ0v) is 14.2. The number of hydrogen-bond donors (Lipinski definition) is 1. The van der Waals surface area contributed by atoms with E-state index in [4.69, 9.17) is 5.73 Å². The molecule has 0 fully saturated rings. The largest absolute Gasteiger partial charge is 0.368 e. The second kappa shape index (κ2) is 6.95. The van der Waals surface area contributed by atoms with Crippen molar-refractivity contribution in [2.45, 2.75) is 25.3 Å². The van der Waals surface area contributed by atoms with Crippen molar-refractivity contribution in [3.05, 3.63) is 57.6 Å². The lowest BCUT2D eigenvalue weighted by Gasteiger charge is -2.11. The highest BCUT2D eigenvalue weighted by molar-refractivity contribution is 9.10. The maximum atomic E-state index is 11.2. The van der Waals surface area contributed by atoms with E-state index in [9.17, 15) is 4.79 Å². The number of aryl methyl sites for hydroxylation is 1. The summed E-state index contributed by atoms with van der Waals surface area (Å²) in [6.45, 7) is 4.08. The van der Waals surface area contributed by atoms with Gasteiger partial charge in [-0.1, -0.05) is 17.7 Å². The molecule has 0 aliphatic heterocycles. The third-order valence-electron chi connectivity index (χ3n) is 2.99. The van der Waals surface area contributed by atoms with Gasteiger partial charge in [-0.25, -0.2) is 0 Å². The molecule has 1 aromatic heterocycles. The molecule has 2 aromatic rings. The van der Waals surface area contributed by atoms with Crippen LogP contribution in [0.3, 0.4) is 0 Å². The molecule has 0 bridgehead atoms. The van der Waals surface area contributed by atoms with E-state index >= 15 is 0 Å². The lowest BCUT2D eigenvalue weighted by molar-refractivity contribution is -0.118. The van der Waals surface area contributed by atoms with Crippen molar-refractivity contribution in [1.82, 2.24) is 4.57 Å². The molecule has 0 saturated carbocycles. The first kappa shape index (κ1) is 15.9. The van der Waals surface area contributed by atoms with Gasteiger partial charge in [0.2, 0.25) is 5.91 Å². The minimum absolute atomic E-state index is 0.110. The van der Waals surface area contributed by atoms with Gasteiger partial charge in [-0.3, -0.25) is 4.79 Å². The van der Waals surface area contributed by atoms with Crippen LogP contribution in [0.15, 0.2) is 50.2 Å². The molecule has 0 atom stereocenters. The van der Waals surface area contributed by atoms with E-state index in [1.807, 2.05) is 50.2 Å². The molecule has 0 spiro atoms. The number of rotatable bonds is 4. The zero-order valence-electron chi connectivity index (χ0n) is 11.8. The van der Waals surface area contributed by atoms with Crippen LogP contribution in [-0.2, 0) is 11.3 Å². The van der Waals surface area contributed by atoms with Gasteiger partial charge in [0.25, 0.3) is 0 Å². The van der Waals surface area contributed by atoms with Gasteiger partial charge >= 0.3 is 0 Å². The molecule has 1 aromatic carbocycles. The highest BCUT2D eigenvalue weighted by Gasteiger charge is 2.05. The van der Waals surface area contributed by atoms with Gasteiger partial charge < -0.3 is 10.3 Å². The Morgan fingerprint density at radius 2 is 1.90 bits per heavy atom. The third-order valence-corrected chi connectivity index (χ3v) is 4.58. The SMILES string of the molecule is Cc1ccc(S/N=c2/ccc(Br)c(C)n2CC(N)=O)cc1. The summed E-state index contributed by atoms with van der Waals surface area (Å²) in [7, 11) is 0. The standard InChI is InChI=1S/C15H16BrN3OS/c1-10-3-5-12(6-4-10)21-18-15-8-7-13(16)11(2)19(15)9-14(17)20/h3-8H,9H2,1-2H3,(H2,17,20)/b18-15-. The smallest absolute Gasteiger partial charge is 0.237 e. The lowest BCUT2D eigenvalue weighted by Crippen LogP contribution is -2.29. The summed E-state index contributed by atoms with van der Waals surface area (Å²) in [6, 6.07) is 11.9. The number of aromatic nitrogens is 1. The zero-order chi connectivity index (χ0) is 15.4. The molecule has 0 saturated heterocycles. The van der Waals surface area contributed by atoms with E-state index in [0.29, 0.717) is 5.49 Å². The molecule has 1 heterocycles. The van der Waals surface area contributed by atoms with E-state index in [-0.39, 0.29) is 6.54 Å². The van der Waals surface area contributed by atoms with Crippen molar-refractivity contribution < 1.29 is 4.79 Å². The topological polar surface area (TPSA) is 60.4 Å². The Morgan fingerprint density at radius 3 is 2.52 bits per heavy atom. The number of pyridine rings is 1. The summed E-state index contributed by atoms with van der Waals surface area (Å²) in [4.78, 5) is 12.3. The molecule has 21 heavy (non-hydrogen) atoms. The van der Waals surface area contributed by atoms with Crippen LogP contribution >= 0.6 is 27.9 Å². The van der Waals surface area contributed by atoms with Crippen molar-refractivity contribution in [2.75, 3.05) is 0 Å². The molecule has 0 aliphatic rings. The number of nitrogens with two attached hydrogens (primary N) is 1. The van der Waals surface area contributed by atoms with Crippen LogP contribution in [0, 0.1) is 13.8 Å². The second-order valence-corrected chi connectivity index (χ2v) is 6.36. The fourth-order valence-corrected chi connectivity index (χ4v) is 2.76. The Kier molecular flexibility index (Phi) is 5.25. The van der Waals surface area contributed by atoms with Crippen LogP contribution in [0.1, 0.15) is 11.3 Å². The highest BCUT2D eigenvalue weighted by Crippen LogP contribution is 2.19. The first-order valence-corrected chi connectivity index (χ1v) is 7.96. The lowest BCUT2D eigenvalue weighted by atomic mass is 10.2. The first-order chi connectivity index (χ1) is 9.97. The number of amides is 1. The predicted molar refractivity (Wildman–Crippen MR) is 88.7 cm³/mol. The summed E-state index contributed by atoms with van der Waals surface area (Å²) in [5, 5.41) is 0. The van der Waals surface area contributed by atoms with E-state index in [2.05, 4.69) is 20.3 Å². The highest BCUT2D eigenvalue weighted by atomic mass is 79.9.